The molecule has 1 aliphatic carbocycles. The molecule has 94 valence electrons. The Hall–Kier alpha value is -0.570. The molecule has 0 aromatic heterocycles. The Balaban J connectivity index is 2.25. The Labute approximate surface area is 98.2 Å². The Bertz CT molecular complexity index is 207. The van der Waals surface area contributed by atoms with E-state index < -0.39 is 5.97 Å². The summed E-state index contributed by atoms with van der Waals surface area (Å²) in [6.07, 6.45) is 5.23. The normalized spacial score (nSPS) is 19.2. The first-order chi connectivity index (χ1) is 7.61. The lowest BCUT2D eigenvalue weighted by Crippen LogP contribution is -2.23. The highest BCUT2D eigenvalue weighted by atomic mass is 16.5. The van der Waals surface area contributed by atoms with Crippen molar-refractivity contribution in [3.05, 3.63) is 0 Å². The molecule has 3 nitrogen and oxygen atoms in total. The highest BCUT2D eigenvalue weighted by molar-refractivity contribution is 5.70. The monoisotopic (exact) mass is 228 g/mol. The quantitative estimate of drug-likeness (QED) is 0.681. The molecule has 0 heterocycles. The number of aliphatic carboxylic acids is 1. The van der Waals surface area contributed by atoms with Crippen LogP contribution < -0.4 is 0 Å². The number of ether oxygens (including phenoxy) is 1. The van der Waals surface area contributed by atoms with Crippen LogP contribution in [0.3, 0.4) is 0 Å². The number of carboxylic acid groups (broad SMARTS) is 1. The van der Waals surface area contributed by atoms with Crippen LogP contribution in [0.4, 0.5) is 0 Å². The van der Waals surface area contributed by atoms with Crippen LogP contribution in [0, 0.1) is 17.8 Å². The topological polar surface area (TPSA) is 46.5 Å². The van der Waals surface area contributed by atoms with Crippen LogP contribution in [-0.2, 0) is 9.53 Å². The number of rotatable bonds is 7. The van der Waals surface area contributed by atoms with E-state index in [4.69, 9.17) is 4.74 Å². The number of hydrogen-bond donors (Lipinski definition) is 1. The van der Waals surface area contributed by atoms with E-state index in [1.807, 2.05) is 0 Å². The minimum atomic E-state index is -0.639. The molecule has 0 spiro atoms. The minimum absolute atomic E-state index is 0.185. The maximum Gasteiger partial charge on any atom is 0.306 e. The number of carboxylic acids is 1. The van der Waals surface area contributed by atoms with E-state index in [-0.39, 0.29) is 5.92 Å². The summed E-state index contributed by atoms with van der Waals surface area (Å²) in [7, 11) is 0. The lowest BCUT2D eigenvalue weighted by atomic mass is 9.88. The smallest absolute Gasteiger partial charge is 0.306 e. The third-order valence-electron chi connectivity index (χ3n) is 3.31. The van der Waals surface area contributed by atoms with Crippen molar-refractivity contribution in [1.82, 2.24) is 0 Å². The van der Waals surface area contributed by atoms with E-state index in [0.717, 1.165) is 19.4 Å². The molecular weight excluding hydrogens is 204 g/mol. The molecule has 1 N–H and O–H groups in total. The largest absolute Gasteiger partial charge is 0.481 e. The van der Waals surface area contributed by atoms with Crippen LogP contribution in [0.25, 0.3) is 0 Å². The van der Waals surface area contributed by atoms with Crippen molar-refractivity contribution in [2.75, 3.05) is 13.2 Å². The first-order valence-corrected chi connectivity index (χ1v) is 6.41. The van der Waals surface area contributed by atoms with Gasteiger partial charge in [-0.15, -0.1) is 0 Å². The van der Waals surface area contributed by atoms with Crippen LogP contribution >= 0.6 is 0 Å². The molecule has 1 atom stereocenters. The standard InChI is InChI=1S/C13H24O3/c1-10(2)9-16-8-7-12(13(14)15)11-5-3-4-6-11/h10-12H,3-9H2,1-2H3,(H,14,15). The second-order valence-electron chi connectivity index (χ2n) is 5.25. The van der Waals surface area contributed by atoms with Gasteiger partial charge in [-0.25, -0.2) is 0 Å². The molecule has 1 saturated carbocycles. The van der Waals surface area contributed by atoms with Gasteiger partial charge in [-0.2, -0.15) is 0 Å². The van der Waals surface area contributed by atoms with Gasteiger partial charge >= 0.3 is 5.97 Å². The predicted molar refractivity (Wildman–Crippen MR) is 63.4 cm³/mol. The molecule has 0 saturated heterocycles. The molecule has 0 aromatic rings. The fraction of sp³-hybridized carbons (Fsp3) is 0.923. The van der Waals surface area contributed by atoms with Crippen LogP contribution in [0.1, 0.15) is 46.0 Å². The summed E-state index contributed by atoms with van der Waals surface area (Å²) >= 11 is 0. The summed E-state index contributed by atoms with van der Waals surface area (Å²) in [5.41, 5.74) is 0. The van der Waals surface area contributed by atoms with Gasteiger partial charge in [0, 0.05) is 13.2 Å². The number of hydrogen-bond acceptors (Lipinski definition) is 2. The van der Waals surface area contributed by atoms with E-state index in [1.54, 1.807) is 0 Å². The third-order valence-corrected chi connectivity index (χ3v) is 3.31. The van der Waals surface area contributed by atoms with Crippen LogP contribution in [0.15, 0.2) is 0 Å². The molecule has 0 aliphatic heterocycles. The summed E-state index contributed by atoms with van der Waals surface area (Å²) < 4.78 is 5.47. The van der Waals surface area contributed by atoms with Crippen molar-refractivity contribution in [3.63, 3.8) is 0 Å². The van der Waals surface area contributed by atoms with E-state index in [1.165, 1.54) is 12.8 Å². The van der Waals surface area contributed by atoms with E-state index in [9.17, 15) is 9.90 Å². The zero-order chi connectivity index (χ0) is 12.0. The van der Waals surface area contributed by atoms with Gasteiger partial charge in [0.1, 0.15) is 0 Å². The van der Waals surface area contributed by atoms with Gasteiger partial charge < -0.3 is 9.84 Å². The molecule has 1 unspecified atom stereocenters. The fourth-order valence-corrected chi connectivity index (χ4v) is 2.45. The Morgan fingerprint density at radius 3 is 2.50 bits per heavy atom. The van der Waals surface area contributed by atoms with Gasteiger partial charge in [0.25, 0.3) is 0 Å². The highest BCUT2D eigenvalue weighted by Gasteiger charge is 2.29. The Morgan fingerprint density at radius 1 is 1.38 bits per heavy atom. The summed E-state index contributed by atoms with van der Waals surface area (Å²) in [5, 5.41) is 9.19. The summed E-state index contributed by atoms with van der Waals surface area (Å²) in [4.78, 5) is 11.2. The van der Waals surface area contributed by atoms with Gasteiger partial charge in [-0.05, 0) is 31.1 Å². The van der Waals surface area contributed by atoms with Gasteiger partial charge in [-0.1, -0.05) is 26.7 Å². The first kappa shape index (κ1) is 13.5. The van der Waals surface area contributed by atoms with Crippen LogP contribution in [0.2, 0.25) is 0 Å². The lowest BCUT2D eigenvalue weighted by Gasteiger charge is -2.19. The zero-order valence-electron chi connectivity index (χ0n) is 10.4. The van der Waals surface area contributed by atoms with Crippen molar-refractivity contribution < 1.29 is 14.6 Å². The first-order valence-electron chi connectivity index (χ1n) is 6.41. The molecular formula is C13H24O3. The fourth-order valence-electron chi connectivity index (χ4n) is 2.45. The molecule has 1 aliphatic rings. The summed E-state index contributed by atoms with van der Waals surface area (Å²) in [5.74, 6) is 0.0876. The third kappa shape index (κ3) is 4.52. The molecule has 0 amide bonds. The van der Waals surface area contributed by atoms with E-state index in [0.29, 0.717) is 24.9 Å². The zero-order valence-corrected chi connectivity index (χ0v) is 10.4. The highest BCUT2D eigenvalue weighted by Crippen LogP contribution is 2.33. The van der Waals surface area contributed by atoms with Crippen LogP contribution in [0.5, 0.6) is 0 Å². The summed E-state index contributed by atoms with van der Waals surface area (Å²) in [6.45, 7) is 5.53. The Morgan fingerprint density at radius 2 is 2.00 bits per heavy atom. The Kier molecular flexibility index (Phi) is 5.81. The second-order valence-corrected chi connectivity index (χ2v) is 5.25. The maximum atomic E-state index is 11.2. The molecule has 16 heavy (non-hydrogen) atoms. The molecule has 1 rings (SSSR count). The van der Waals surface area contributed by atoms with Gasteiger partial charge in [-0.3, -0.25) is 4.79 Å². The molecule has 0 aromatic carbocycles. The minimum Gasteiger partial charge on any atom is -0.481 e. The van der Waals surface area contributed by atoms with Crippen molar-refractivity contribution >= 4 is 5.97 Å². The van der Waals surface area contributed by atoms with Crippen molar-refractivity contribution in [3.8, 4) is 0 Å². The van der Waals surface area contributed by atoms with Crippen LogP contribution in [-0.4, -0.2) is 24.3 Å². The molecule has 1 fully saturated rings. The van der Waals surface area contributed by atoms with Crippen molar-refractivity contribution in [1.29, 1.82) is 0 Å². The average Bonchev–Trinajstić information content (AvgIpc) is 2.69. The van der Waals surface area contributed by atoms with Crippen molar-refractivity contribution in [2.24, 2.45) is 17.8 Å². The predicted octanol–water partition coefficient (Wildman–Crippen LogP) is 2.94. The SMILES string of the molecule is CC(C)COCCC(C(=O)O)C1CCCC1. The molecule has 3 heteroatoms. The second kappa shape index (κ2) is 6.89. The lowest BCUT2D eigenvalue weighted by molar-refractivity contribution is -0.144. The van der Waals surface area contributed by atoms with Gasteiger partial charge in [0.05, 0.1) is 5.92 Å². The molecule has 0 radical (unpaired) electrons. The maximum absolute atomic E-state index is 11.2. The van der Waals surface area contributed by atoms with Gasteiger partial charge in [0.2, 0.25) is 0 Å². The number of carbonyl (C=O) groups is 1. The van der Waals surface area contributed by atoms with Gasteiger partial charge in [0.15, 0.2) is 0 Å². The summed E-state index contributed by atoms with van der Waals surface area (Å²) in [6, 6.07) is 0. The van der Waals surface area contributed by atoms with E-state index >= 15 is 0 Å². The van der Waals surface area contributed by atoms with E-state index in [2.05, 4.69) is 13.8 Å². The van der Waals surface area contributed by atoms with Crippen molar-refractivity contribution in [2.45, 2.75) is 46.0 Å². The molecule has 0 bridgehead atoms. The average molecular weight is 228 g/mol.